The molecule has 2 rings (SSSR count). The zero-order valence-electron chi connectivity index (χ0n) is 12.1. The zero-order valence-corrected chi connectivity index (χ0v) is 12.9. The molecule has 0 radical (unpaired) electrons. The highest BCUT2D eigenvalue weighted by Gasteiger charge is 2.24. The van der Waals surface area contributed by atoms with Gasteiger partial charge in [-0.2, -0.15) is 0 Å². The quantitative estimate of drug-likeness (QED) is 0.731. The summed E-state index contributed by atoms with van der Waals surface area (Å²) in [4.78, 5) is 2.43. The van der Waals surface area contributed by atoms with Gasteiger partial charge in [0.15, 0.2) is 0 Å². The third-order valence-electron chi connectivity index (χ3n) is 4.35. The Hall–Kier alpha value is -0.130. The Bertz CT molecular complexity index is 358. The summed E-state index contributed by atoms with van der Waals surface area (Å²) in [5.41, 5.74) is 0. The molecule has 1 heterocycles. The summed E-state index contributed by atoms with van der Waals surface area (Å²) in [7, 11) is -2.78. The Labute approximate surface area is 117 Å². The molecule has 5 heteroatoms. The molecule has 2 aliphatic rings. The molecule has 1 aliphatic carbocycles. The van der Waals surface area contributed by atoms with Gasteiger partial charge >= 0.3 is 0 Å². The van der Waals surface area contributed by atoms with Crippen molar-refractivity contribution in [3.63, 3.8) is 0 Å². The number of rotatable bonds is 8. The van der Waals surface area contributed by atoms with Crippen LogP contribution >= 0.6 is 0 Å². The summed E-state index contributed by atoms with van der Waals surface area (Å²) in [5.74, 6) is 1.46. The first-order valence-electron chi connectivity index (χ1n) is 7.75. The van der Waals surface area contributed by atoms with Gasteiger partial charge in [-0.05, 0) is 64.2 Å². The van der Waals surface area contributed by atoms with E-state index in [1.807, 2.05) is 0 Å². The van der Waals surface area contributed by atoms with Gasteiger partial charge in [0.1, 0.15) is 9.84 Å². The molecule has 19 heavy (non-hydrogen) atoms. The lowest BCUT2D eigenvalue weighted by Crippen LogP contribution is -2.38. The molecule has 2 fully saturated rings. The minimum Gasteiger partial charge on any atom is -0.314 e. The highest BCUT2D eigenvalue weighted by atomic mass is 32.2. The van der Waals surface area contributed by atoms with E-state index in [2.05, 4.69) is 10.2 Å². The summed E-state index contributed by atoms with van der Waals surface area (Å²) < 4.78 is 22.8. The third-order valence-corrected chi connectivity index (χ3v) is 6.14. The molecule has 0 spiro atoms. The predicted molar refractivity (Wildman–Crippen MR) is 79.1 cm³/mol. The van der Waals surface area contributed by atoms with Crippen LogP contribution in [0.15, 0.2) is 0 Å². The second-order valence-electron chi connectivity index (χ2n) is 6.06. The van der Waals surface area contributed by atoms with Crippen LogP contribution in [0, 0.1) is 5.92 Å². The molecule has 0 atom stereocenters. The summed E-state index contributed by atoms with van der Waals surface area (Å²) >= 11 is 0. The molecule has 1 N–H and O–H groups in total. The second-order valence-corrected chi connectivity index (χ2v) is 8.53. The normalized spacial score (nSPS) is 22.8. The van der Waals surface area contributed by atoms with Gasteiger partial charge < -0.3 is 10.2 Å². The molecule has 1 saturated heterocycles. The third kappa shape index (κ3) is 5.79. The highest BCUT2D eigenvalue weighted by Crippen LogP contribution is 2.21. The van der Waals surface area contributed by atoms with Gasteiger partial charge in [-0.15, -0.1) is 0 Å². The molecule has 112 valence electrons. The van der Waals surface area contributed by atoms with E-state index in [-0.39, 0.29) is 5.75 Å². The SMILES string of the molecule is CCS(=O)(=O)CCCN1CCC(CNC2CC2)CC1. The van der Waals surface area contributed by atoms with E-state index in [9.17, 15) is 8.42 Å². The van der Waals surface area contributed by atoms with Crippen LogP contribution in [0.1, 0.15) is 39.0 Å². The van der Waals surface area contributed by atoms with E-state index in [1.54, 1.807) is 6.92 Å². The Morgan fingerprint density at radius 1 is 1.16 bits per heavy atom. The summed E-state index contributed by atoms with van der Waals surface area (Å²) in [6.07, 6.45) is 6.05. The van der Waals surface area contributed by atoms with Crippen molar-refractivity contribution in [1.82, 2.24) is 10.2 Å². The van der Waals surface area contributed by atoms with Crippen LogP contribution in [-0.4, -0.2) is 57.0 Å². The predicted octanol–water partition coefficient (Wildman–Crippen LogP) is 1.28. The Morgan fingerprint density at radius 2 is 1.84 bits per heavy atom. The minimum absolute atomic E-state index is 0.280. The van der Waals surface area contributed by atoms with Gasteiger partial charge in [0.2, 0.25) is 0 Å². The fourth-order valence-electron chi connectivity index (χ4n) is 2.69. The zero-order chi connectivity index (χ0) is 13.7. The van der Waals surface area contributed by atoms with Gasteiger partial charge in [-0.25, -0.2) is 8.42 Å². The Balaban J connectivity index is 1.55. The van der Waals surface area contributed by atoms with E-state index in [1.165, 1.54) is 32.2 Å². The smallest absolute Gasteiger partial charge is 0.150 e. The van der Waals surface area contributed by atoms with Crippen molar-refractivity contribution in [2.75, 3.05) is 37.7 Å². The van der Waals surface area contributed by atoms with Crippen LogP contribution in [0.3, 0.4) is 0 Å². The fourth-order valence-corrected chi connectivity index (χ4v) is 3.54. The molecule has 1 aliphatic heterocycles. The Morgan fingerprint density at radius 3 is 2.42 bits per heavy atom. The van der Waals surface area contributed by atoms with Crippen molar-refractivity contribution >= 4 is 9.84 Å². The van der Waals surface area contributed by atoms with E-state index in [0.717, 1.165) is 38.0 Å². The fraction of sp³-hybridized carbons (Fsp3) is 1.00. The first-order valence-corrected chi connectivity index (χ1v) is 9.57. The van der Waals surface area contributed by atoms with Crippen molar-refractivity contribution in [2.45, 2.75) is 45.1 Å². The van der Waals surface area contributed by atoms with Crippen molar-refractivity contribution in [1.29, 1.82) is 0 Å². The summed E-state index contributed by atoms with van der Waals surface area (Å²) in [6.45, 7) is 6.14. The molecule has 4 nitrogen and oxygen atoms in total. The van der Waals surface area contributed by atoms with Crippen LogP contribution in [0.2, 0.25) is 0 Å². The average molecular weight is 288 g/mol. The maximum Gasteiger partial charge on any atom is 0.150 e. The lowest BCUT2D eigenvalue weighted by atomic mass is 9.96. The maximum absolute atomic E-state index is 11.4. The molecule has 0 aromatic carbocycles. The summed E-state index contributed by atoms with van der Waals surface area (Å²) in [5, 5.41) is 3.61. The van der Waals surface area contributed by atoms with E-state index >= 15 is 0 Å². The number of sulfone groups is 1. The van der Waals surface area contributed by atoms with Crippen molar-refractivity contribution in [3.8, 4) is 0 Å². The number of piperidine rings is 1. The van der Waals surface area contributed by atoms with Gasteiger partial charge in [0.25, 0.3) is 0 Å². The van der Waals surface area contributed by atoms with Crippen LogP contribution in [0.5, 0.6) is 0 Å². The average Bonchev–Trinajstić information content (AvgIpc) is 3.22. The van der Waals surface area contributed by atoms with Gasteiger partial charge in [-0.3, -0.25) is 0 Å². The molecular weight excluding hydrogens is 260 g/mol. The molecule has 0 aromatic rings. The number of hydrogen-bond acceptors (Lipinski definition) is 4. The van der Waals surface area contributed by atoms with E-state index in [0.29, 0.717) is 5.75 Å². The first kappa shape index (κ1) is 15.3. The molecule has 0 amide bonds. The number of hydrogen-bond donors (Lipinski definition) is 1. The van der Waals surface area contributed by atoms with Crippen LogP contribution < -0.4 is 5.32 Å². The number of nitrogens with one attached hydrogen (secondary N) is 1. The van der Waals surface area contributed by atoms with Crippen molar-refractivity contribution < 1.29 is 8.42 Å². The van der Waals surface area contributed by atoms with E-state index < -0.39 is 9.84 Å². The lowest BCUT2D eigenvalue weighted by molar-refractivity contribution is 0.182. The molecule has 0 unspecified atom stereocenters. The van der Waals surface area contributed by atoms with Crippen LogP contribution in [0.4, 0.5) is 0 Å². The maximum atomic E-state index is 11.4. The first-order chi connectivity index (χ1) is 9.09. The molecule has 1 saturated carbocycles. The van der Waals surface area contributed by atoms with Crippen molar-refractivity contribution in [2.24, 2.45) is 5.92 Å². The number of likely N-dealkylation sites (tertiary alicyclic amines) is 1. The molecular formula is C14H28N2O2S. The van der Waals surface area contributed by atoms with Crippen LogP contribution in [-0.2, 0) is 9.84 Å². The van der Waals surface area contributed by atoms with E-state index in [4.69, 9.17) is 0 Å². The van der Waals surface area contributed by atoms with Crippen molar-refractivity contribution in [3.05, 3.63) is 0 Å². The summed E-state index contributed by atoms with van der Waals surface area (Å²) in [6, 6.07) is 0.817. The monoisotopic (exact) mass is 288 g/mol. The Kier molecular flexibility index (Phi) is 5.66. The van der Waals surface area contributed by atoms with Crippen LogP contribution in [0.25, 0.3) is 0 Å². The van der Waals surface area contributed by atoms with Gasteiger partial charge in [0.05, 0.1) is 5.75 Å². The molecule has 0 aromatic heterocycles. The van der Waals surface area contributed by atoms with Gasteiger partial charge in [0, 0.05) is 11.8 Å². The number of nitrogens with zero attached hydrogens (tertiary/aromatic N) is 1. The molecule has 0 bridgehead atoms. The standard InChI is InChI=1S/C14H28N2O2S/c1-2-19(17,18)11-3-8-16-9-6-13(7-10-16)12-15-14-4-5-14/h13-15H,2-12H2,1H3. The second kappa shape index (κ2) is 7.04. The van der Waals surface area contributed by atoms with Gasteiger partial charge in [-0.1, -0.05) is 6.92 Å². The topological polar surface area (TPSA) is 49.4 Å². The minimum atomic E-state index is -2.78. The largest absolute Gasteiger partial charge is 0.314 e. The highest BCUT2D eigenvalue weighted by molar-refractivity contribution is 7.91. The lowest BCUT2D eigenvalue weighted by Gasteiger charge is -2.32.